The molecule has 0 spiro atoms. The molecule has 9 heteroatoms. The number of anilines is 1. The Balaban J connectivity index is 1.89. The van der Waals surface area contributed by atoms with Crippen LogP contribution < -0.4 is 10.0 Å². The van der Waals surface area contributed by atoms with Crippen LogP contribution in [0.15, 0.2) is 82.4 Å². The van der Waals surface area contributed by atoms with Crippen molar-refractivity contribution in [1.29, 1.82) is 0 Å². The molecule has 1 heterocycles. The van der Waals surface area contributed by atoms with Gasteiger partial charge < -0.3 is 10.5 Å². The second-order valence-electron chi connectivity index (χ2n) is 5.68. The van der Waals surface area contributed by atoms with E-state index >= 15 is 0 Å². The minimum Gasteiger partial charge on any atom is -0.618 e. The molecule has 28 heavy (non-hydrogen) atoms. The first kappa shape index (κ1) is 19.8. The number of pyridine rings is 1. The average Bonchev–Trinajstić information content (AvgIpc) is 2.69. The quantitative estimate of drug-likeness (QED) is 0.193. The van der Waals surface area contributed by atoms with Crippen LogP contribution in [0.25, 0.3) is 0 Å². The van der Waals surface area contributed by atoms with Crippen molar-refractivity contribution in [2.45, 2.75) is 10.3 Å². The van der Waals surface area contributed by atoms with Gasteiger partial charge in [0.2, 0.25) is 5.91 Å². The summed E-state index contributed by atoms with van der Waals surface area (Å²) in [4.78, 5) is 23.4. The van der Waals surface area contributed by atoms with Gasteiger partial charge in [0.25, 0.3) is 10.7 Å². The van der Waals surface area contributed by atoms with E-state index in [1.165, 1.54) is 24.4 Å². The van der Waals surface area contributed by atoms with Crippen LogP contribution in [-0.4, -0.2) is 10.8 Å². The van der Waals surface area contributed by atoms with Crippen LogP contribution in [-0.2, 0) is 4.79 Å². The maximum absolute atomic E-state index is 13.0. The van der Waals surface area contributed by atoms with E-state index in [0.717, 1.165) is 17.3 Å². The minimum absolute atomic E-state index is 0.0875. The number of hydrogen-bond acceptors (Lipinski definition) is 5. The summed E-state index contributed by atoms with van der Waals surface area (Å²) in [6.07, 6.45) is 1.37. The molecule has 3 rings (SSSR count). The molecule has 1 N–H and O–H groups in total. The van der Waals surface area contributed by atoms with E-state index in [1.54, 1.807) is 30.3 Å². The number of carbonyl (C=O) groups is 1. The Morgan fingerprint density at radius 2 is 1.82 bits per heavy atom. The summed E-state index contributed by atoms with van der Waals surface area (Å²) < 4.78 is 1.10. The number of thioether (sulfide) groups is 1. The van der Waals surface area contributed by atoms with E-state index in [1.807, 2.05) is 18.2 Å². The smallest absolute Gasteiger partial charge is 0.270 e. The molecule has 2 aromatic carbocycles. The standard InChI is InChI=1S/C19H14BrN3O4S/c20-15-12-14(23(26)27)9-10-16(15)21-19(24)18(13-6-2-1-3-7-13)28-17-8-4-5-11-22(17)25/h1-12,18H,(H,21,24). The van der Waals surface area contributed by atoms with Crippen LogP contribution >= 0.6 is 27.7 Å². The molecule has 0 aliphatic rings. The number of nitro benzene ring substituents is 1. The molecule has 1 atom stereocenters. The molecule has 7 nitrogen and oxygen atoms in total. The van der Waals surface area contributed by atoms with Gasteiger partial charge in [0, 0.05) is 28.7 Å². The van der Waals surface area contributed by atoms with Gasteiger partial charge >= 0.3 is 0 Å². The van der Waals surface area contributed by atoms with E-state index in [2.05, 4.69) is 21.2 Å². The summed E-state index contributed by atoms with van der Waals surface area (Å²) in [5.41, 5.74) is 1.04. The molecule has 0 saturated heterocycles. The highest BCUT2D eigenvalue weighted by Gasteiger charge is 2.26. The molecule has 0 aliphatic carbocycles. The lowest BCUT2D eigenvalue weighted by Gasteiger charge is -2.17. The first-order valence-corrected chi connectivity index (χ1v) is 9.77. The maximum Gasteiger partial charge on any atom is 0.270 e. The lowest BCUT2D eigenvalue weighted by atomic mass is 10.1. The zero-order valence-electron chi connectivity index (χ0n) is 14.3. The van der Waals surface area contributed by atoms with Crippen molar-refractivity contribution in [2.75, 3.05) is 5.32 Å². The van der Waals surface area contributed by atoms with Crippen molar-refractivity contribution in [2.24, 2.45) is 0 Å². The summed E-state index contributed by atoms with van der Waals surface area (Å²) in [5.74, 6) is -0.352. The summed E-state index contributed by atoms with van der Waals surface area (Å²) in [7, 11) is 0. The molecule has 142 valence electrons. The van der Waals surface area contributed by atoms with Gasteiger partial charge in [-0.15, -0.1) is 0 Å². The number of nitro groups is 1. The number of halogens is 1. The zero-order valence-corrected chi connectivity index (χ0v) is 16.7. The number of nitrogens with one attached hydrogen (secondary N) is 1. The van der Waals surface area contributed by atoms with Crippen LogP contribution in [0.1, 0.15) is 10.8 Å². The van der Waals surface area contributed by atoms with Gasteiger partial charge in [0.1, 0.15) is 5.25 Å². The first-order chi connectivity index (χ1) is 13.5. The van der Waals surface area contributed by atoms with Gasteiger partial charge in [-0.25, -0.2) is 0 Å². The predicted octanol–water partition coefficient (Wildman–Crippen LogP) is 4.46. The van der Waals surface area contributed by atoms with Crippen molar-refractivity contribution in [3.8, 4) is 0 Å². The number of non-ortho nitro benzene ring substituents is 1. The third kappa shape index (κ3) is 4.68. The Kier molecular flexibility index (Phi) is 6.27. The zero-order chi connectivity index (χ0) is 20.1. The summed E-state index contributed by atoms with van der Waals surface area (Å²) in [6.45, 7) is 0. The average molecular weight is 460 g/mol. The molecule has 0 radical (unpaired) electrons. The van der Waals surface area contributed by atoms with Crippen LogP contribution in [0.3, 0.4) is 0 Å². The first-order valence-electron chi connectivity index (χ1n) is 8.10. The Morgan fingerprint density at radius 3 is 2.46 bits per heavy atom. The number of hydrogen-bond donors (Lipinski definition) is 1. The van der Waals surface area contributed by atoms with Gasteiger partial charge in [-0.1, -0.05) is 30.3 Å². The van der Waals surface area contributed by atoms with Crippen LogP contribution in [0.2, 0.25) is 0 Å². The summed E-state index contributed by atoms with van der Waals surface area (Å²) in [5, 5.41) is 25.4. The molecule has 1 amide bonds. The van der Waals surface area contributed by atoms with Crippen molar-refractivity contribution >= 4 is 45.0 Å². The van der Waals surface area contributed by atoms with Crippen molar-refractivity contribution in [3.05, 3.63) is 98.3 Å². The Hall–Kier alpha value is -2.91. The number of amides is 1. The van der Waals surface area contributed by atoms with Crippen LogP contribution in [0.4, 0.5) is 11.4 Å². The molecular formula is C19H14BrN3O4S. The molecule has 1 aromatic heterocycles. The van der Waals surface area contributed by atoms with Crippen LogP contribution in [0.5, 0.6) is 0 Å². The lowest BCUT2D eigenvalue weighted by molar-refractivity contribution is -0.645. The third-order valence-electron chi connectivity index (χ3n) is 3.79. The highest BCUT2D eigenvalue weighted by molar-refractivity contribution is 9.10. The van der Waals surface area contributed by atoms with Gasteiger partial charge in [0.15, 0.2) is 6.20 Å². The van der Waals surface area contributed by atoms with Gasteiger partial charge in [-0.3, -0.25) is 14.9 Å². The number of carbonyl (C=O) groups excluding carboxylic acids is 1. The monoisotopic (exact) mass is 459 g/mol. The van der Waals surface area contributed by atoms with Crippen molar-refractivity contribution in [1.82, 2.24) is 0 Å². The van der Waals surface area contributed by atoms with Gasteiger partial charge in [0.05, 0.1) is 10.6 Å². The lowest BCUT2D eigenvalue weighted by Crippen LogP contribution is -2.29. The molecular weight excluding hydrogens is 446 g/mol. The fourth-order valence-electron chi connectivity index (χ4n) is 2.44. The van der Waals surface area contributed by atoms with Crippen molar-refractivity contribution < 1.29 is 14.4 Å². The van der Waals surface area contributed by atoms with Crippen LogP contribution in [0, 0.1) is 15.3 Å². The number of aromatic nitrogens is 1. The Bertz CT molecular complexity index is 1020. The summed E-state index contributed by atoms with van der Waals surface area (Å²) in [6, 6.07) is 18.2. The maximum atomic E-state index is 13.0. The third-order valence-corrected chi connectivity index (χ3v) is 5.72. The highest BCUT2D eigenvalue weighted by Crippen LogP contribution is 2.36. The van der Waals surface area contributed by atoms with E-state index in [0.29, 0.717) is 19.9 Å². The van der Waals surface area contributed by atoms with E-state index in [9.17, 15) is 20.1 Å². The van der Waals surface area contributed by atoms with Gasteiger partial charge in [-0.05, 0) is 45.4 Å². The number of nitrogens with zero attached hydrogens (tertiary/aromatic N) is 2. The largest absolute Gasteiger partial charge is 0.618 e. The van der Waals surface area contributed by atoms with E-state index in [4.69, 9.17) is 0 Å². The SMILES string of the molecule is O=C(Nc1ccc([N+](=O)[O-])cc1Br)C(Sc1cccc[n+]1[O-])c1ccccc1. The fourth-order valence-corrected chi connectivity index (χ4v) is 3.93. The number of rotatable bonds is 6. The normalized spacial score (nSPS) is 11.6. The second-order valence-corrected chi connectivity index (χ2v) is 7.66. The molecule has 0 saturated carbocycles. The molecule has 0 bridgehead atoms. The topological polar surface area (TPSA) is 99.2 Å². The van der Waals surface area contributed by atoms with E-state index < -0.39 is 10.2 Å². The Morgan fingerprint density at radius 1 is 1.11 bits per heavy atom. The Labute approximate surface area is 173 Å². The highest BCUT2D eigenvalue weighted by atomic mass is 79.9. The summed E-state index contributed by atoms with van der Waals surface area (Å²) >= 11 is 4.37. The fraction of sp³-hybridized carbons (Fsp3) is 0.0526. The molecule has 0 fully saturated rings. The predicted molar refractivity (Wildman–Crippen MR) is 110 cm³/mol. The molecule has 1 unspecified atom stereocenters. The van der Waals surface area contributed by atoms with E-state index in [-0.39, 0.29) is 11.6 Å². The van der Waals surface area contributed by atoms with Gasteiger partial charge in [-0.2, -0.15) is 4.73 Å². The molecule has 3 aromatic rings. The van der Waals surface area contributed by atoms with Crippen molar-refractivity contribution in [3.63, 3.8) is 0 Å². The second kappa shape index (κ2) is 8.85. The minimum atomic E-state index is -0.689. The molecule has 0 aliphatic heterocycles. The number of benzene rings is 2.